The molecule has 2 aromatic rings. The molecule has 0 saturated heterocycles. The van der Waals surface area contributed by atoms with Crippen molar-refractivity contribution in [3.05, 3.63) is 59.7 Å². The zero-order valence-electron chi connectivity index (χ0n) is 10.7. The highest BCUT2D eigenvalue weighted by Crippen LogP contribution is 2.22. The van der Waals surface area contributed by atoms with Crippen molar-refractivity contribution in [3.63, 3.8) is 0 Å². The number of hydrogen-bond acceptors (Lipinski definition) is 2. The van der Waals surface area contributed by atoms with Crippen LogP contribution in [0.2, 0.25) is 0 Å². The van der Waals surface area contributed by atoms with Gasteiger partial charge in [0.2, 0.25) is 0 Å². The maximum atomic E-state index is 11.9. The average Bonchev–Trinajstić information content (AvgIpc) is 2.45. The van der Waals surface area contributed by atoms with Crippen molar-refractivity contribution in [1.82, 2.24) is 0 Å². The molecule has 0 radical (unpaired) electrons. The number of benzene rings is 2. The summed E-state index contributed by atoms with van der Waals surface area (Å²) >= 11 is 0. The SMILES string of the molecule is O=C(O)c1ccc(-c2ccc(COC(F)(F)F)cc2)cc1. The Morgan fingerprint density at radius 3 is 1.86 bits per heavy atom. The summed E-state index contributed by atoms with van der Waals surface area (Å²) in [4.78, 5) is 10.7. The first-order valence-corrected chi connectivity index (χ1v) is 5.98. The minimum atomic E-state index is -4.65. The lowest BCUT2D eigenvalue weighted by atomic mass is 10.0. The van der Waals surface area contributed by atoms with Gasteiger partial charge in [-0.25, -0.2) is 4.79 Å². The Morgan fingerprint density at radius 2 is 1.43 bits per heavy atom. The average molecular weight is 296 g/mol. The third kappa shape index (κ3) is 4.32. The van der Waals surface area contributed by atoms with Gasteiger partial charge in [-0.1, -0.05) is 36.4 Å². The van der Waals surface area contributed by atoms with Crippen LogP contribution in [0.4, 0.5) is 13.2 Å². The normalized spacial score (nSPS) is 11.4. The van der Waals surface area contributed by atoms with Crippen LogP contribution in [-0.4, -0.2) is 17.4 Å². The summed E-state index contributed by atoms with van der Waals surface area (Å²) in [6, 6.07) is 12.6. The summed E-state index contributed by atoms with van der Waals surface area (Å²) in [6.07, 6.45) is -4.65. The third-order valence-electron chi connectivity index (χ3n) is 2.82. The summed E-state index contributed by atoms with van der Waals surface area (Å²) < 4.78 is 39.5. The van der Waals surface area contributed by atoms with Gasteiger partial charge in [-0.2, -0.15) is 0 Å². The molecule has 0 aliphatic heterocycles. The quantitative estimate of drug-likeness (QED) is 0.924. The van der Waals surface area contributed by atoms with E-state index < -0.39 is 18.9 Å². The molecule has 6 heteroatoms. The van der Waals surface area contributed by atoms with Crippen molar-refractivity contribution in [2.75, 3.05) is 0 Å². The Kier molecular flexibility index (Phi) is 4.28. The fourth-order valence-corrected chi connectivity index (χ4v) is 1.76. The van der Waals surface area contributed by atoms with E-state index in [1.165, 1.54) is 24.3 Å². The lowest BCUT2D eigenvalue weighted by molar-refractivity contribution is -0.330. The lowest BCUT2D eigenvalue weighted by Crippen LogP contribution is -2.12. The van der Waals surface area contributed by atoms with Crippen LogP contribution in [0, 0.1) is 0 Å². The summed E-state index contributed by atoms with van der Waals surface area (Å²) in [6.45, 7) is -0.540. The highest BCUT2D eigenvalue weighted by atomic mass is 19.4. The van der Waals surface area contributed by atoms with Crippen LogP contribution in [0.15, 0.2) is 48.5 Å². The standard InChI is InChI=1S/C15H11F3O3/c16-15(17,18)21-9-10-1-3-11(4-2-10)12-5-7-13(8-6-12)14(19)20/h1-8H,9H2,(H,19,20). The molecule has 0 fully saturated rings. The second-order valence-corrected chi connectivity index (χ2v) is 4.31. The lowest BCUT2D eigenvalue weighted by Gasteiger charge is -2.08. The first-order chi connectivity index (χ1) is 9.85. The molecule has 3 nitrogen and oxygen atoms in total. The number of halogens is 3. The van der Waals surface area contributed by atoms with E-state index in [1.807, 2.05) is 0 Å². The van der Waals surface area contributed by atoms with Gasteiger partial charge in [0.25, 0.3) is 0 Å². The second-order valence-electron chi connectivity index (χ2n) is 4.31. The van der Waals surface area contributed by atoms with Crippen LogP contribution in [0.3, 0.4) is 0 Å². The van der Waals surface area contributed by atoms with Crippen LogP contribution in [0.5, 0.6) is 0 Å². The van der Waals surface area contributed by atoms with Gasteiger partial charge < -0.3 is 5.11 Å². The summed E-state index contributed by atoms with van der Waals surface area (Å²) in [5, 5.41) is 8.80. The summed E-state index contributed by atoms with van der Waals surface area (Å²) in [5.74, 6) is -1.01. The number of carbonyl (C=O) groups is 1. The van der Waals surface area contributed by atoms with Crippen molar-refractivity contribution in [2.24, 2.45) is 0 Å². The molecule has 0 unspecified atom stereocenters. The molecule has 0 aliphatic rings. The molecule has 0 aromatic heterocycles. The molecule has 2 rings (SSSR count). The number of aromatic carboxylic acids is 1. The molecule has 0 heterocycles. The Hall–Kier alpha value is -2.34. The van der Waals surface area contributed by atoms with E-state index in [9.17, 15) is 18.0 Å². The molecule has 1 N–H and O–H groups in total. The van der Waals surface area contributed by atoms with Gasteiger partial charge in [0.15, 0.2) is 0 Å². The minimum absolute atomic E-state index is 0.175. The van der Waals surface area contributed by atoms with Gasteiger partial charge in [-0.15, -0.1) is 13.2 Å². The summed E-state index contributed by atoms with van der Waals surface area (Å²) in [5.41, 5.74) is 2.14. The fourth-order valence-electron chi connectivity index (χ4n) is 1.76. The number of ether oxygens (including phenoxy) is 1. The van der Waals surface area contributed by atoms with Crippen LogP contribution >= 0.6 is 0 Å². The van der Waals surface area contributed by atoms with E-state index in [1.54, 1.807) is 24.3 Å². The van der Waals surface area contributed by atoms with E-state index >= 15 is 0 Å². The van der Waals surface area contributed by atoms with Gasteiger partial charge in [0.05, 0.1) is 12.2 Å². The van der Waals surface area contributed by atoms with Gasteiger partial charge in [-0.3, -0.25) is 4.74 Å². The molecular weight excluding hydrogens is 285 g/mol. The Bertz CT molecular complexity index is 616. The first-order valence-electron chi connectivity index (χ1n) is 5.98. The van der Waals surface area contributed by atoms with Gasteiger partial charge in [-0.05, 0) is 28.8 Å². The molecule has 0 amide bonds. The van der Waals surface area contributed by atoms with Gasteiger partial charge in [0.1, 0.15) is 0 Å². The van der Waals surface area contributed by atoms with Crippen molar-refractivity contribution in [3.8, 4) is 11.1 Å². The van der Waals surface area contributed by atoms with Crippen LogP contribution in [-0.2, 0) is 11.3 Å². The third-order valence-corrected chi connectivity index (χ3v) is 2.82. The minimum Gasteiger partial charge on any atom is -0.478 e. The van der Waals surface area contributed by atoms with E-state index in [0.717, 1.165) is 11.1 Å². The first kappa shape index (κ1) is 15.1. The van der Waals surface area contributed by atoms with Crippen molar-refractivity contribution >= 4 is 5.97 Å². The smallest absolute Gasteiger partial charge is 0.478 e. The Labute approximate surface area is 118 Å². The zero-order chi connectivity index (χ0) is 15.5. The molecule has 110 valence electrons. The van der Waals surface area contributed by atoms with E-state index in [0.29, 0.717) is 5.56 Å². The van der Waals surface area contributed by atoms with Crippen molar-refractivity contribution in [1.29, 1.82) is 0 Å². The summed E-state index contributed by atoms with van der Waals surface area (Å²) in [7, 11) is 0. The molecular formula is C15H11F3O3. The number of carboxylic acids is 1. The van der Waals surface area contributed by atoms with Crippen LogP contribution in [0.25, 0.3) is 11.1 Å². The molecule has 0 bridgehead atoms. The maximum absolute atomic E-state index is 11.9. The Morgan fingerprint density at radius 1 is 0.952 bits per heavy atom. The predicted molar refractivity (Wildman–Crippen MR) is 69.7 cm³/mol. The predicted octanol–water partition coefficient (Wildman–Crippen LogP) is 4.09. The topological polar surface area (TPSA) is 46.5 Å². The number of rotatable bonds is 4. The highest BCUT2D eigenvalue weighted by molar-refractivity contribution is 5.88. The largest absolute Gasteiger partial charge is 0.522 e. The van der Waals surface area contributed by atoms with Crippen molar-refractivity contribution in [2.45, 2.75) is 13.0 Å². The van der Waals surface area contributed by atoms with Gasteiger partial charge >= 0.3 is 12.3 Å². The Balaban J connectivity index is 2.09. The number of carboxylic acid groups (broad SMARTS) is 1. The van der Waals surface area contributed by atoms with E-state index in [-0.39, 0.29) is 5.56 Å². The highest BCUT2D eigenvalue weighted by Gasteiger charge is 2.28. The number of alkyl halides is 3. The zero-order valence-corrected chi connectivity index (χ0v) is 10.7. The van der Waals surface area contributed by atoms with Gasteiger partial charge in [0, 0.05) is 0 Å². The molecule has 2 aromatic carbocycles. The van der Waals surface area contributed by atoms with Crippen molar-refractivity contribution < 1.29 is 27.8 Å². The fraction of sp³-hybridized carbons (Fsp3) is 0.133. The number of hydrogen-bond donors (Lipinski definition) is 1. The molecule has 0 saturated carbocycles. The van der Waals surface area contributed by atoms with E-state index in [4.69, 9.17) is 5.11 Å². The molecule has 0 spiro atoms. The van der Waals surface area contributed by atoms with Crippen LogP contribution < -0.4 is 0 Å². The van der Waals surface area contributed by atoms with E-state index in [2.05, 4.69) is 4.74 Å². The molecule has 21 heavy (non-hydrogen) atoms. The molecule has 0 atom stereocenters. The monoisotopic (exact) mass is 296 g/mol. The maximum Gasteiger partial charge on any atom is 0.522 e. The van der Waals surface area contributed by atoms with Crippen LogP contribution in [0.1, 0.15) is 15.9 Å². The molecule has 0 aliphatic carbocycles. The second kappa shape index (κ2) is 5.97.